The average molecular weight is 261 g/mol. The van der Waals surface area contributed by atoms with Crippen LogP contribution in [0.1, 0.15) is 11.3 Å². The quantitative estimate of drug-likeness (QED) is 0.830. The lowest BCUT2D eigenvalue weighted by Crippen LogP contribution is -1.89. The van der Waals surface area contributed by atoms with E-state index in [0.717, 1.165) is 28.2 Å². The van der Waals surface area contributed by atoms with E-state index in [1.165, 1.54) is 0 Å². The molecule has 0 saturated carbocycles. The van der Waals surface area contributed by atoms with Crippen LogP contribution in [-0.2, 0) is 4.79 Å². The van der Waals surface area contributed by atoms with Gasteiger partial charge in [-0.15, -0.1) is 0 Å². The van der Waals surface area contributed by atoms with Gasteiger partial charge in [-0.25, -0.2) is 4.79 Å². The fourth-order valence-corrected chi connectivity index (χ4v) is 2.10. The first kappa shape index (κ1) is 13.0. The lowest BCUT2D eigenvalue weighted by atomic mass is 10.1. The van der Waals surface area contributed by atoms with E-state index in [-0.39, 0.29) is 0 Å². The number of carboxylic acids is 1. The molecule has 0 atom stereocenters. The first-order chi connectivity index (χ1) is 9.08. The molecule has 0 bridgehead atoms. The van der Waals surface area contributed by atoms with Crippen molar-refractivity contribution in [2.45, 2.75) is 6.92 Å². The second-order valence-corrected chi connectivity index (χ2v) is 4.06. The Morgan fingerprint density at radius 2 is 1.89 bits per heavy atom. The maximum Gasteiger partial charge on any atom is 0.328 e. The van der Waals surface area contributed by atoms with Crippen LogP contribution in [0.15, 0.2) is 18.2 Å². The number of hydrogen-bond donors (Lipinski definition) is 2. The molecule has 0 unspecified atom stereocenters. The van der Waals surface area contributed by atoms with Crippen LogP contribution in [0.5, 0.6) is 11.5 Å². The molecule has 0 radical (unpaired) electrons. The summed E-state index contributed by atoms with van der Waals surface area (Å²) in [5.74, 6) is 0.370. The van der Waals surface area contributed by atoms with E-state index in [0.29, 0.717) is 11.5 Å². The number of hydrogen-bond acceptors (Lipinski definition) is 3. The molecule has 5 nitrogen and oxygen atoms in total. The summed E-state index contributed by atoms with van der Waals surface area (Å²) in [5.41, 5.74) is 2.44. The van der Waals surface area contributed by atoms with Gasteiger partial charge in [0.1, 0.15) is 11.5 Å². The third-order valence-electron chi connectivity index (χ3n) is 2.95. The molecule has 0 aliphatic carbocycles. The molecule has 0 fully saturated rings. The summed E-state index contributed by atoms with van der Waals surface area (Å²) in [5, 5.41) is 9.57. The Morgan fingerprint density at radius 1 is 1.26 bits per heavy atom. The molecule has 1 aromatic carbocycles. The Bertz CT molecular complexity index is 655. The number of fused-ring (bicyclic) bond motifs is 1. The maximum atomic E-state index is 10.7. The van der Waals surface area contributed by atoms with E-state index in [1.807, 2.05) is 13.0 Å². The lowest BCUT2D eigenvalue weighted by Gasteiger charge is -2.06. The van der Waals surface area contributed by atoms with Gasteiger partial charge in [-0.3, -0.25) is 0 Å². The summed E-state index contributed by atoms with van der Waals surface area (Å²) in [7, 11) is 3.17. The second-order valence-electron chi connectivity index (χ2n) is 4.06. The zero-order valence-corrected chi connectivity index (χ0v) is 11.0. The number of aryl methyl sites for hydroxylation is 1. The van der Waals surface area contributed by atoms with Gasteiger partial charge in [-0.2, -0.15) is 0 Å². The molecule has 2 aromatic rings. The van der Waals surface area contributed by atoms with Crippen molar-refractivity contribution < 1.29 is 19.4 Å². The van der Waals surface area contributed by atoms with E-state index in [4.69, 9.17) is 14.6 Å². The molecule has 0 spiro atoms. The van der Waals surface area contributed by atoms with Gasteiger partial charge >= 0.3 is 5.97 Å². The SMILES string of the molecule is COc1ccc(OC)c2c(/C=C/C(=O)O)c(C)[nH]c12. The van der Waals surface area contributed by atoms with Crippen molar-refractivity contribution in [1.29, 1.82) is 0 Å². The summed E-state index contributed by atoms with van der Waals surface area (Å²) in [4.78, 5) is 13.9. The number of rotatable bonds is 4. The minimum Gasteiger partial charge on any atom is -0.496 e. The predicted octanol–water partition coefficient (Wildman–Crippen LogP) is 2.59. The highest BCUT2D eigenvalue weighted by Crippen LogP contribution is 2.37. The molecule has 0 aliphatic heterocycles. The highest BCUT2D eigenvalue weighted by atomic mass is 16.5. The molecule has 1 heterocycles. The number of methoxy groups -OCH3 is 2. The van der Waals surface area contributed by atoms with Crippen molar-refractivity contribution in [3.8, 4) is 11.5 Å². The summed E-state index contributed by atoms with van der Waals surface area (Å²) in [6, 6.07) is 3.61. The maximum absolute atomic E-state index is 10.7. The Morgan fingerprint density at radius 3 is 2.47 bits per heavy atom. The Kier molecular flexibility index (Phi) is 3.46. The average Bonchev–Trinajstić information content (AvgIpc) is 2.71. The van der Waals surface area contributed by atoms with Crippen LogP contribution in [-0.4, -0.2) is 30.3 Å². The van der Waals surface area contributed by atoms with Gasteiger partial charge in [-0.1, -0.05) is 0 Å². The number of carbonyl (C=O) groups is 1. The molecular weight excluding hydrogens is 246 g/mol. The van der Waals surface area contributed by atoms with Gasteiger partial charge in [0.05, 0.1) is 25.1 Å². The molecular formula is C14H15NO4. The fourth-order valence-electron chi connectivity index (χ4n) is 2.10. The Balaban J connectivity index is 2.76. The van der Waals surface area contributed by atoms with Crippen LogP contribution in [0.3, 0.4) is 0 Å². The molecule has 5 heteroatoms. The molecule has 1 aromatic heterocycles. The normalized spacial score (nSPS) is 11.1. The lowest BCUT2D eigenvalue weighted by molar-refractivity contribution is -0.131. The summed E-state index contributed by atoms with van der Waals surface area (Å²) < 4.78 is 10.6. The molecule has 2 N–H and O–H groups in total. The summed E-state index contributed by atoms with van der Waals surface area (Å²) in [6.45, 7) is 1.88. The van der Waals surface area contributed by atoms with E-state index >= 15 is 0 Å². The number of aromatic amines is 1. The molecule has 0 amide bonds. The Labute approximate surface area is 110 Å². The van der Waals surface area contributed by atoms with Gasteiger partial charge in [-0.05, 0) is 25.1 Å². The molecule has 0 aliphatic rings. The predicted molar refractivity (Wildman–Crippen MR) is 72.8 cm³/mol. The number of H-pyrrole nitrogens is 1. The van der Waals surface area contributed by atoms with Crippen molar-refractivity contribution >= 4 is 22.9 Å². The number of carboxylic acid groups (broad SMARTS) is 1. The smallest absolute Gasteiger partial charge is 0.328 e. The van der Waals surface area contributed by atoms with Gasteiger partial charge in [0.15, 0.2) is 0 Å². The van der Waals surface area contributed by atoms with E-state index in [9.17, 15) is 4.79 Å². The topological polar surface area (TPSA) is 71.6 Å². The van der Waals surface area contributed by atoms with Crippen LogP contribution in [0.4, 0.5) is 0 Å². The van der Waals surface area contributed by atoms with E-state index < -0.39 is 5.97 Å². The van der Waals surface area contributed by atoms with Crippen molar-refractivity contribution in [2.75, 3.05) is 14.2 Å². The summed E-state index contributed by atoms with van der Waals surface area (Å²) in [6.07, 6.45) is 2.66. The van der Waals surface area contributed by atoms with Crippen LogP contribution < -0.4 is 9.47 Å². The number of ether oxygens (including phenoxy) is 2. The van der Waals surface area contributed by atoms with Crippen molar-refractivity contribution in [2.24, 2.45) is 0 Å². The summed E-state index contributed by atoms with van der Waals surface area (Å²) >= 11 is 0. The molecule has 19 heavy (non-hydrogen) atoms. The van der Waals surface area contributed by atoms with Gasteiger partial charge < -0.3 is 19.6 Å². The highest BCUT2D eigenvalue weighted by molar-refractivity contribution is 6.00. The number of aromatic nitrogens is 1. The minimum atomic E-state index is -0.990. The number of nitrogens with one attached hydrogen (secondary N) is 1. The molecule has 100 valence electrons. The third kappa shape index (κ3) is 2.27. The Hall–Kier alpha value is -2.43. The van der Waals surface area contributed by atoms with Crippen LogP contribution >= 0.6 is 0 Å². The van der Waals surface area contributed by atoms with Crippen molar-refractivity contribution in [3.05, 3.63) is 29.5 Å². The van der Waals surface area contributed by atoms with Crippen LogP contribution in [0.2, 0.25) is 0 Å². The number of benzene rings is 1. The fraction of sp³-hybridized carbons (Fsp3) is 0.214. The minimum absolute atomic E-state index is 0.671. The van der Waals surface area contributed by atoms with E-state index in [2.05, 4.69) is 4.98 Å². The number of aliphatic carboxylic acids is 1. The monoisotopic (exact) mass is 261 g/mol. The van der Waals surface area contributed by atoms with Gasteiger partial charge in [0.2, 0.25) is 0 Å². The van der Waals surface area contributed by atoms with Crippen molar-refractivity contribution in [3.63, 3.8) is 0 Å². The van der Waals surface area contributed by atoms with Crippen LogP contribution in [0.25, 0.3) is 17.0 Å². The molecule has 0 saturated heterocycles. The van der Waals surface area contributed by atoms with Crippen molar-refractivity contribution in [1.82, 2.24) is 4.98 Å². The molecule has 2 rings (SSSR count). The van der Waals surface area contributed by atoms with E-state index in [1.54, 1.807) is 26.4 Å². The first-order valence-electron chi connectivity index (χ1n) is 5.72. The zero-order chi connectivity index (χ0) is 14.0. The first-order valence-corrected chi connectivity index (χ1v) is 5.72. The van der Waals surface area contributed by atoms with Crippen LogP contribution in [0, 0.1) is 6.92 Å². The standard InChI is InChI=1S/C14H15NO4/c1-8-9(4-7-12(16)17)13-10(18-2)5-6-11(19-3)14(13)15-8/h4-7,15H,1-3H3,(H,16,17)/b7-4+. The zero-order valence-electron chi connectivity index (χ0n) is 11.0. The van der Waals surface area contributed by atoms with Gasteiger partial charge in [0, 0.05) is 17.3 Å². The third-order valence-corrected chi connectivity index (χ3v) is 2.95. The largest absolute Gasteiger partial charge is 0.496 e. The van der Waals surface area contributed by atoms with Gasteiger partial charge in [0.25, 0.3) is 0 Å². The second kappa shape index (κ2) is 5.06. The highest BCUT2D eigenvalue weighted by Gasteiger charge is 2.15.